The summed E-state index contributed by atoms with van der Waals surface area (Å²) in [4.78, 5) is 24.4. The van der Waals surface area contributed by atoms with Crippen molar-refractivity contribution in [3.05, 3.63) is 42.1 Å². The maximum absolute atomic E-state index is 13.5. The van der Waals surface area contributed by atoms with E-state index in [4.69, 9.17) is 4.74 Å². The van der Waals surface area contributed by atoms with Gasteiger partial charge >= 0.3 is 0 Å². The predicted octanol–water partition coefficient (Wildman–Crippen LogP) is 3.22. The van der Waals surface area contributed by atoms with E-state index >= 15 is 0 Å². The zero-order chi connectivity index (χ0) is 22.7. The van der Waals surface area contributed by atoms with Gasteiger partial charge in [0.05, 0.1) is 19.0 Å². The van der Waals surface area contributed by atoms with Crippen molar-refractivity contribution in [2.75, 3.05) is 42.5 Å². The Balaban J connectivity index is 1.34. The summed E-state index contributed by atoms with van der Waals surface area (Å²) < 4.78 is 33.2. The highest BCUT2D eigenvalue weighted by atomic mass is 19.3. The Morgan fingerprint density at radius 1 is 1.25 bits per heavy atom. The summed E-state index contributed by atoms with van der Waals surface area (Å²) in [5.41, 5.74) is 0.942. The molecule has 1 amide bonds. The average molecular weight is 446 g/mol. The highest BCUT2D eigenvalue weighted by Crippen LogP contribution is 2.30. The van der Waals surface area contributed by atoms with Gasteiger partial charge in [-0.1, -0.05) is 12.1 Å². The highest BCUT2D eigenvalue weighted by Gasteiger charge is 2.39. The van der Waals surface area contributed by atoms with E-state index in [1.807, 2.05) is 38.1 Å². The number of carbonyl (C=O) groups is 1. The van der Waals surface area contributed by atoms with Crippen LogP contribution in [0.1, 0.15) is 38.2 Å². The molecule has 2 atom stereocenters. The lowest BCUT2D eigenvalue weighted by Crippen LogP contribution is -2.28. The number of ether oxygens (including phenoxy) is 1. The zero-order valence-corrected chi connectivity index (χ0v) is 18.4. The van der Waals surface area contributed by atoms with E-state index in [0.717, 1.165) is 30.1 Å². The molecule has 1 N–H and O–H groups in total. The summed E-state index contributed by atoms with van der Waals surface area (Å²) >= 11 is 0. The van der Waals surface area contributed by atoms with Crippen LogP contribution in [0.25, 0.3) is 0 Å². The average Bonchev–Trinajstić information content (AvgIpc) is 3.40. The second kappa shape index (κ2) is 9.26. The molecule has 2 saturated heterocycles. The van der Waals surface area contributed by atoms with Crippen LogP contribution < -0.4 is 19.9 Å². The van der Waals surface area contributed by atoms with Gasteiger partial charge in [-0.05, 0) is 37.6 Å². The summed E-state index contributed by atoms with van der Waals surface area (Å²) in [5, 5.41) is 2.84. The first-order valence-electron chi connectivity index (χ1n) is 11.1. The molecule has 0 aliphatic carbocycles. The number of nitrogens with one attached hydrogen (secondary N) is 1. The standard InChI is InChI=1S/C23H29F2N5O2/c1-3-26-21(31)16(2)17-4-6-18(7-5-17)32-19-9-12-29(14-19)20-8-11-27-22(28-20)30-13-10-23(24,25)15-30/h4-8,11,16,19H,3,9-10,12-15H2,1-2H3,(H,26,31)/t16?,19-/m1/s1. The minimum Gasteiger partial charge on any atom is -0.489 e. The summed E-state index contributed by atoms with van der Waals surface area (Å²) in [6.45, 7) is 5.75. The van der Waals surface area contributed by atoms with Gasteiger partial charge in [-0.3, -0.25) is 4.79 Å². The zero-order valence-electron chi connectivity index (χ0n) is 18.4. The number of hydrogen-bond acceptors (Lipinski definition) is 6. The van der Waals surface area contributed by atoms with Gasteiger partial charge in [0, 0.05) is 38.7 Å². The summed E-state index contributed by atoms with van der Waals surface area (Å²) in [5.74, 6) is -1.06. The molecule has 0 spiro atoms. The molecule has 172 valence electrons. The molecule has 0 bridgehead atoms. The van der Waals surface area contributed by atoms with E-state index in [1.165, 1.54) is 4.90 Å². The van der Waals surface area contributed by atoms with Crippen LogP contribution >= 0.6 is 0 Å². The number of likely N-dealkylation sites (N-methyl/N-ethyl adjacent to an activating group) is 1. The number of anilines is 2. The Bertz CT molecular complexity index is 940. The van der Waals surface area contributed by atoms with Gasteiger partial charge in [0.2, 0.25) is 11.9 Å². The third kappa shape index (κ3) is 5.08. The van der Waals surface area contributed by atoms with Crippen LogP contribution in [0, 0.1) is 0 Å². The molecule has 9 heteroatoms. The van der Waals surface area contributed by atoms with Crippen LogP contribution in [-0.4, -0.2) is 60.6 Å². The van der Waals surface area contributed by atoms with Crippen molar-refractivity contribution in [1.82, 2.24) is 15.3 Å². The maximum Gasteiger partial charge on any atom is 0.267 e. The Kier molecular flexibility index (Phi) is 6.43. The molecule has 7 nitrogen and oxygen atoms in total. The lowest BCUT2D eigenvalue weighted by atomic mass is 10.0. The molecule has 2 aliphatic rings. The van der Waals surface area contributed by atoms with Gasteiger partial charge in [0.1, 0.15) is 17.7 Å². The number of aromatic nitrogens is 2. The SMILES string of the molecule is CCNC(=O)C(C)c1ccc(O[C@@H]2CCN(c3ccnc(N4CCC(F)(F)C4)n3)C2)cc1. The number of rotatable bonds is 7. The smallest absolute Gasteiger partial charge is 0.267 e. The van der Waals surface area contributed by atoms with Crippen LogP contribution in [0.2, 0.25) is 0 Å². The first kappa shape index (κ1) is 22.2. The minimum atomic E-state index is -2.68. The largest absolute Gasteiger partial charge is 0.489 e. The summed E-state index contributed by atoms with van der Waals surface area (Å²) in [7, 11) is 0. The quantitative estimate of drug-likeness (QED) is 0.706. The Labute approximate surface area is 186 Å². The van der Waals surface area contributed by atoms with E-state index in [1.54, 1.807) is 12.3 Å². The first-order valence-corrected chi connectivity index (χ1v) is 11.1. The summed E-state index contributed by atoms with van der Waals surface area (Å²) in [6, 6.07) is 9.43. The van der Waals surface area contributed by atoms with Crippen LogP contribution in [0.3, 0.4) is 0 Å². The van der Waals surface area contributed by atoms with Gasteiger partial charge in [0.15, 0.2) is 0 Å². The van der Waals surface area contributed by atoms with Crippen molar-refractivity contribution >= 4 is 17.7 Å². The van der Waals surface area contributed by atoms with E-state index in [-0.39, 0.29) is 37.4 Å². The Morgan fingerprint density at radius 2 is 2.03 bits per heavy atom. The number of hydrogen-bond donors (Lipinski definition) is 1. The molecular formula is C23H29F2N5O2. The van der Waals surface area contributed by atoms with Gasteiger partial charge in [0.25, 0.3) is 5.92 Å². The second-order valence-electron chi connectivity index (χ2n) is 8.40. The predicted molar refractivity (Wildman–Crippen MR) is 119 cm³/mol. The van der Waals surface area contributed by atoms with E-state index in [0.29, 0.717) is 19.0 Å². The van der Waals surface area contributed by atoms with Gasteiger partial charge in [-0.25, -0.2) is 13.8 Å². The molecule has 32 heavy (non-hydrogen) atoms. The summed E-state index contributed by atoms with van der Waals surface area (Å²) in [6.07, 6.45) is 2.28. The minimum absolute atomic E-state index is 0.00352. The van der Waals surface area contributed by atoms with Crippen LogP contribution in [0.15, 0.2) is 36.5 Å². The number of amides is 1. The number of nitrogens with zero attached hydrogens (tertiary/aromatic N) is 4. The van der Waals surface area contributed by atoms with Crippen LogP contribution in [-0.2, 0) is 4.79 Å². The first-order chi connectivity index (χ1) is 15.3. The third-order valence-electron chi connectivity index (χ3n) is 5.98. The molecule has 1 unspecified atom stereocenters. The number of alkyl halides is 2. The van der Waals surface area contributed by atoms with Gasteiger partial charge in [-0.2, -0.15) is 4.98 Å². The molecule has 0 saturated carbocycles. The fraction of sp³-hybridized carbons (Fsp3) is 0.522. The molecule has 1 aromatic carbocycles. The number of halogens is 2. The topological polar surface area (TPSA) is 70.6 Å². The number of benzene rings is 1. The van der Waals surface area contributed by atoms with Crippen molar-refractivity contribution in [2.45, 2.75) is 44.6 Å². The fourth-order valence-electron chi connectivity index (χ4n) is 4.11. The van der Waals surface area contributed by atoms with Crippen molar-refractivity contribution in [3.63, 3.8) is 0 Å². The van der Waals surface area contributed by atoms with Gasteiger partial charge < -0.3 is 19.9 Å². The van der Waals surface area contributed by atoms with E-state index in [9.17, 15) is 13.6 Å². The monoisotopic (exact) mass is 445 g/mol. The maximum atomic E-state index is 13.5. The van der Waals surface area contributed by atoms with E-state index < -0.39 is 5.92 Å². The fourth-order valence-corrected chi connectivity index (χ4v) is 4.11. The van der Waals surface area contributed by atoms with Crippen molar-refractivity contribution in [2.24, 2.45) is 0 Å². The third-order valence-corrected chi connectivity index (χ3v) is 5.98. The van der Waals surface area contributed by atoms with Crippen LogP contribution in [0.5, 0.6) is 5.75 Å². The molecule has 3 heterocycles. The molecule has 2 aromatic rings. The number of carbonyl (C=O) groups excluding carboxylic acids is 1. The molecule has 2 fully saturated rings. The second-order valence-corrected chi connectivity index (χ2v) is 8.40. The van der Waals surface area contributed by atoms with Crippen LogP contribution in [0.4, 0.5) is 20.5 Å². The van der Waals surface area contributed by atoms with Crippen molar-refractivity contribution in [3.8, 4) is 5.75 Å². The highest BCUT2D eigenvalue weighted by molar-refractivity contribution is 5.83. The van der Waals surface area contributed by atoms with Gasteiger partial charge in [-0.15, -0.1) is 0 Å². The Morgan fingerprint density at radius 3 is 2.72 bits per heavy atom. The lowest BCUT2D eigenvalue weighted by molar-refractivity contribution is -0.122. The molecule has 4 rings (SSSR count). The van der Waals surface area contributed by atoms with Crippen molar-refractivity contribution in [1.29, 1.82) is 0 Å². The molecule has 2 aliphatic heterocycles. The Hall–Kier alpha value is -2.97. The van der Waals surface area contributed by atoms with E-state index in [2.05, 4.69) is 20.2 Å². The van der Waals surface area contributed by atoms with Crippen molar-refractivity contribution < 1.29 is 18.3 Å². The molecule has 1 aromatic heterocycles. The molecule has 0 radical (unpaired) electrons. The normalized spacial score (nSPS) is 20.9. The molecular weight excluding hydrogens is 416 g/mol. The lowest BCUT2D eigenvalue weighted by Gasteiger charge is -2.21.